The highest BCUT2D eigenvalue weighted by Crippen LogP contribution is 2.45. The van der Waals surface area contributed by atoms with Gasteiger partial charge in [-0.2, -0.15) is 5.10 Å². The maximum absolute atomic E-state index is 14.2. The fraction of sp³-hybridized carbons (Fsp3) is 0.367. The van der Waals surface area contributed by atoms with Gasteiger partial charge in [0.25, 0.3) is 0 Å². The molecule has 1 aromatic heterocycles. The fourth-order valence-corrected chi connectivity index (χ4v) is 4.67. The largest absolute Gasteiger partial charge is 0.573 e. The number of benzene rings is 2. The third-order valence-corrected chi connectivity index (χ3v) is 6.63. The maximum Gasteiger partial charge on any atom is 0.573 e. The number of hydrogen-bond acceptors (Lipinski definition) is 7. The normalized spacial score (nSPS) is 17.8. The molecule has 0 saturated carbocycles. The third-order valence-electron chi connectivity index (χ3n) is 6.35. The van der Waals surface area contributed by atoms with Crippen molar-refractivity contribution in [3.63, 3.8) is 0 Å². The van der Waals surface area contributed by atoms with Gasteiger partial charge in [-0.15, -0.1) is 29.9 Å². The van der Waals surface area contributed by atoms with Crippen LogP contribution in [0.3, 0.4) is 0 Å². The topological polar surface area (TPSA) is 84.8 Å². The zero-order chi connectivity index (χ0) is 30.1. The number of carbonyl (C=O) groups excluding carboxylic acids is 1. The van der Waals surface area contributed by atoms with Gasteiger partial charge in [-0.25, -0.2) is 0 Å². The molecular weight excluding hydrogens is 559 g/mol. The van der Waals surface area contributed by atoms with Gasteiger partial charge in [-0.1, -0.05) is 50.2 Å². The van der Waals surface area contributed by atoms with Crippen LogP contribution in [0, 0.1) is 0 Å². The fourth-order valence-electron chi connectivity index (χ4n) is 4.53. The minimum atomic E-state index is -4.87. The number of anilines is 1. The summed E-state index contributed by atoms with van der Waals surface area (Å²) in [5.74, 6) is -0.245. The minimum absolute atomic E-state index is 0.0132. The van der Waals surface area contributed by atoms with Crippen molar-refractivity contribution in [1.29, 1.82) is 0 Å². The van der Waals surface area contributed by atoms with Gasteiger partial charge in [0.1, 0.15) is 11.4 Å². The van der Waals surface area contributed by atoms with E-state index in [2.05, 4.69) is 14.9 Å². The van der Waals surface area contributed by atoms with E-state index in [-0.39, 0.29) is 28.9 Å². The Morgan fingerprint density at radius 1 is 0.976 bits per heavy atom. The van der Waals surface area contributed by atoms with Crippen molar-refractivity contribution in [3.8, 4) is 5.75 Å². The number of ketones is 1. The summed E-state index contributed by atoms with van der Waals surface area (Å²) >= 11 is 5.88. The summed E-state index contributed by atoms with van der Waals surface area (Å²) in [6.07, 6.45) is -6.33. The zero-order valence-corrected chi connectivity index (χ0v) is 24.0. The molecule has 0 amide bonds. The number of aromatic nitrogens is 2. The third kappa shape index (κ3) is 7.00. The lowest BCUT2D eigenvalue weighted by Crippen LogP contribution is -2.36. The smallest absolute Gasteiger partial charge is 0.487 e. The summed E-state index contributed by atoms with van der Waals surface area (Å²) in [6.45, 7) is 9.42. The van der Waals surface area contributed by atoms with E-state index in [1.165, 1.54) is 17.0 Å². The molecule has 2 aromatic carbocycles. The average molecular weight is 590 g/mol. The van der Waals surface area contributed by atoms with Crippen LogP contribution in [0.4, 0.5) is 19.0 Å². The van der Waals surface area contributed by atoms with E-state index in [9.17, 15) is 23.1 Å². The SMILES string of the molecule is CC(C)c1ccc(C(=O)C2=C(OC(C)(C)C)C(O)N(c3ccc(CCl)nn3)C2c2ccc(OC(F)(F)F)cc2)cc1. The summed E-state index contributed by atoms with van der Waals surface area (Å²) in [4.78, 5) is 15.6. The molecule has 1 aliphatic heterocycles. The number of aliphatic hydroxyl groups excluding tert-OH is 1. The highest BCUT2D eigenvalue weighted by molar-refractivity contribution is 6.16. The molecule has 3 aromatic rings. The van der Waals surface area contributed by atoms with Crippen molar-refractivity contribution in [1.82, 2.24) is 10.2 Å². The van der Waals surface area contributed by atoms with Crippen LogP contribution in [0.5, 0.6) is 5.75 Å². The highest BCUT2D eigenvalue weighted by Gasteiger charge is 2.47. The van der Waals surface area contributed by atoms with Crippen molar-refractivity contribution in [2.75, 3.05) is 4.90 Å². The molecule has 0 saturated heterocycles. The number of carbonyl (C=O) groups is 1. The molecule has 0 fully saturated rings. The van der Waals surface area contributed by atoms with Gasteiger partial charge in [0.05, 0.1) is 23.2 Å². The van der Waals surface area contributed by atoms with Gasteiger partial charge in [0.15, 0.2) is 23.6 Å². The molecule has 0 radical (unpaired) electrons. The first-order valence-corrected chi connectivity index (χ1v) is 13.5. The van der Waals surface area contributed by atoms with Gasteiger partial charge in [0.2, 0.25) is 0 Å². The first kappa shape index (κ1) is 30.3. The molecule has 0 aliphatic carbocycles. The number of aliphatic hydroxyl groups is 1. The molecule has 0 spiro atoms. The average Bonchev–Trinajstić information content (AvgIpc) is 3.18. The van der Waals surface area contributed by atoms with Crippen LogP contribution in [0.15, 0.2) is 72.0 Å². The standard InChI is InChI=1S/C30H31ClF3N3O4/c1-17(2)18-6-8-20(9-7-18)26(38)24-25(19-10-13-22(14-11-19)40-30(32,33)34)37(23-15-12-21(16-31)35-36-23)28(39)27(24)41-29(3,4)5/h6-15,17,25,28,39H,16H2,1-5H3. The minimum Gasteiger partial charge on any atom is -0.487 e. The summed E-state index contributed by atoms with van der Waals surface area (Å²) < 4.78 is 48.7. The predicted octanol–water partition coefficient (Wildman–Crippen LogP) is 7.07. The molecule has 41 heavy (non-hydrogen) atoms. The molecule has 1 N–H and O–H groups in total. The highest BCUT2D eigenvalue weighted by atomic mass is 35.5. The monoisotopic (exact) mass is 589 g/mol. The number of ether oxygens (including phenoxy) is 2. The second-order valence-electron chi connectivity index (χ2n) is 10.9. The number of hydrogen-bond donors (Lipinski definition) is 1. The number of Topliss-reactive ketones (excluding diaryl/α,β-unsaturated/α-hetero) is 1. The molecule has 11 heteroatoms. The molecule has 2 heterocycles. The van der Waals surface area contributed by atoms with E-state index in [0.717, 1.165) is 17.7 Å². The first-order chi connectivity index (χ1) is 19.2. The van der Waals surface area contributed by atoms with Crippen molar-refractivity contribution >= 4 is 23.2 Å². The van der Waals surface area contributed by atoms with Crippen LogP contribution < -0.4 is 9.64 Å². The van der Waals surface area contributed by atoms with E-state index in [0.29, 0.717) is 16.8 Å². The van der Waals surface area contributed by atoms with Crippen molar-refractivity contribution in [2.45, 2.75) is 70.6 Å². The molecular formula is C30H31ClF3N3O4. The molecule has 7 nitrogen and oxygen atoms in total. The summed E-state index contributed by atoms with van der Waals surface area (Å²) in [5.41, 5.74) is 1.62. The number of halogens is 4. The van der Waals surface area contributed by atoms with Crippen molar-refractivity contribution in [2.24, 2.45) is 0 Å². The van der Waals surface area contributed by atoms with Gasteiger partial charge in [0, 0.05) is 5.56 Å². The van der Waals surface area contributed by atoms with E-state index in [4.69, 9.17) is 16.3 Å². The second-order valence-corrected chi connectivity index (χ2v) is 11.2. The van der Waals surface area contributed by atoms with Crippen LogP contribution in [0.25, 0.3) is 0 Å². The molecule has 4 rings (SSSR count). The van der Waals surface area contributed by atoms with Crippen molar-refractivity contribution < 1.29 is 32.5 Å². The van der Waals surface area contributed by atoms with E-state index < -0.39 is 35.8 Å². The second kappa shape index (κ2) is 11.7. The van der Waals surface area contributed by atoms with Crippen LogP contribution in [-0.2, 0) is 10.6 Å². The maximum atomic E-state index is 14.2. The lowest BCUT2D eigenvalue weighted by atomic mass is 9.91. The van der Waals surface area contributed by atoms with Crippen LogP contribution >= 0.6 is 11.6 Å². The van der Waals surface area contributed by atoms with Crippen LogP contribution in [0.2, 0.25) is 0 Å². The van der Waals surface area contributed by atoms with Gasteiger partial charge < -0.3 is 19.5 Å². The Morgan fingerprint density at radius 3 is 2.10 bits per heavy atom. The Kier molecular flexibility index (Phi) is 8.65. The van der Waals surface area contributed by atoms with E-state index in [1.54, 1.807) is 45.0 Å². The molecule has 2 unspecified atom stereocenters. The molecule has 0 bridgehead atoms. The Morgan fingerprint density at radius 2 is 1.61 bits per heavy atom. The quantitative estimate of drug-likeness (QED) is 0.222. The lowest BCUT2D eigenvalue weighted by Gasteiger charge is -2.31. The van der Waals surface area contributed by atoms with Crippen molar-refractivity contribution in [3.05, 3.63) is 94.4 Å². The number of rotatable bonds is 8. The Hall–Kier alpha value is -3.63. The van der Waals surface area contributed by atoms with E-state index in [1.807, 2.05) is 26.0 Å². The van der Waals surface area contributed by atoms with Gasteiger partial charge in [-0.3, -0.25) is 4.79 Å². The first-order valence-electron chi connectivity index (χ1n) is 13.0. The van der Waals surface area contributed by atoms with Crippen LogP contribution in [-0.4, -0.2) is 39.3 Å². The van der Waals surface area contributed by atoms with Gasteiger partial charge >= 0.3 is 6.36 Å². The molecule has 218 valence electrons. The number of nitrogens with zero attached hydrogens (tertiary/aromatic N) is 3. The number of alkyl halides is 4. The Bertz CT molecular complexity index is 1400. The zero-order valence-electron chi connectivity index (χ0n) is 23.2. The summed E-state index contributed by atoms with van der Waals surface area (Å²) in [5, 5.41) is 19.9. The van der Waals surface area contributed by atoms with Gasteiger partial charge in [-0.05, 0) is 62.1 Å². The van der Waals surface area contributed by atoms with Crippen LogP contribution in [0.1, 0.15) is 73.8 Å². The summed E-state index contributed by atoms with van der Waals surface area (Å²) in [7, 11) is 0. The predicted molar refractivity (Wildman–Crippen MR) is 149 cm³/mol. The Labute approximate surface area is 241 Å². The molecule has 2 atom stereocenters. The Balaban J connectivity index is 1.89. The lowest BCUT2D eigenvalue weighted by molar-refractivity contribution is -0.274. The van der Waals surface area contributed by atoms with E-state index >= 15 is 0 Å². The summed E-state index contributed by atoms with van der Waals surface area (Å²) in [6, 6.07) is 14.5. The molecule has 1 aliphatic rings.